The largest absolute Gasteiger partial charge is 0.381 e. The summed E-state index contributed by atoms with van der Waals surface area (Å²) in [6, 6.07) is 0. The van der Waals surface area contributed by atoms with E-state index in [9.17, 15) is 0 Å². The van der Waals surface area contributed by atoms with Gasteiger partial charge in [0.05, 0.1) is 11.5 Å². The van der Waals surface area contributed by atoms with Crippen molar-refractivity contribution in [3.8, 4) is 0 Å². The van der Waals surface area contributed by atoms with Gasteiger partial charge in [-0.3, -0.25) is 0 Å². The second-order valence-corrected chi connectivity index (χ2v) is 2.56. The Hall–Kier alpha value is -0.680. The summed E-state index contributed by atoms with van der Waals surface area (Å²) >= 11 is 1.28. The van der Waals surface area contributed by atoms with Gasteiger partial charge in [0, 0.05) is 6.61 Å². The summed E-state index contributed by atoms with van der Waals surface area (Å²) in [4.78, 5) is 0.904. The highest BCUT2D eigenvalue weighted by molar-refractivity contribution is 7.05. The number of nitrogen functional groups attached to an aromatic ring is 1. The van der Waals surface area contributed by atoms with Crippen LogP contribution in [0.15, 0.2) is 0 Å². The van der Waals surface area contributed by atoms with Crippen molar-refractivity contribution in [3.05, 3.63) is 4.88 Å². The van der Waals surface area contributed by atoms with Crippen LogP contribution in [0.25, 0.3) is 0 Å². The van der Waals surface area contributed by atoms with Crippen molar-refractivity contribution in [1.29, 1.82) is 0 Å². The number of ether oxygens (including phenoxy) is 1. The summed E-state index contributed by atoms with van der Waals surface area (Å²) in [5.41, 5.74) is 5.44. The number of rotatable bonds is 3. The predicted molar refractivity (Wildman–Crippen MR) is 39.7 cm³/mol. The Morgan fingerprint density at radius 2 is 2.50 bits per heavy atom. The lowest BCUT2D eigenvalue weighted by Gasteiger charge is -1.95. The summed E-state index contributed by atoms with van der Waals surface area (Å²) in [5, 5.41) is 3.64. The minimum absolute atomic E-state index is 0.485. The van der Waals surface area contributed by atoms with Crippen LogP contribution in [0.2, 0.25) is 0 Å². The molecular weight excluding hydrogens is 150 g/mol. The smallest absolute Gasteiger partial charge is 0.164 e. The van der Waals surface area contributed by atoms with E-state index < -0.39 is 0 Å². The van der Waals surface area contributed by atoms with Crippen LogP contribution in [0.5, 0.6) is 0 Å². The van der Waals surface area contributed by atoms with Crippen LogP contribution in [0.1, 0.15) is 11.8 Å². The molecule has 0 aliphatic heterocycles. The average Bonchev–Trinajstić information content (AvgIpc) is 2.31. The van der Waals surface area contributed by atoms with Gasteiger partial charge in [0.25, 0.3) is 0 Å². The van der Waals surface area contributed by atoms with Crippen molar-refractivity contribution in [2.24, 2.45) is 0 Å². The van der Waals surface area contributed by atoms with E-state index in [0.29, 0.717) is 19.0 Å². The molecule has 0 spiro atoms. The fourth-order valence-corrected chi connectivity index (χ4v) is 1.01. The molecular formula is C5H9N3OS. The molecule has 56 valence electrons. The maximum Gasteiger partial charge on any atom is 0.164 e. The Bertz CT molecular complexity index is 201. The Morgan fingerprint density at radius 1 is 1.70 bits per heavy atom. The van der Waals surface area contributed by atoms with E-state index in [0.717, 1.165) is 4.88 Å². The molecule has 0 amide bonds. The molecule has 0 bridgehead atoms. The average molecular weight is 159 g/mol. The minimum atomic E-state index is 0.485. The molecule has 2 N–H and O–H groups in total. The van der Waals surface area contributed by atoms with Crippen LogP contribution < -0.4 is 5.73 Å². The highest BCUT2D eigenvalue weighted by atomic mass is 32.1. The highest BCUT2D eigenvalue weighted by Crippen LogP contribution is 2.12. The molecule has 0 aliphatic rings. The highest BCUT2D eigenvalue weighted by Gasteiger charge is 2.01. The van der Waals surface area contributed by atoms with Crippen LogP contribution in [-0.2, 0) is 11.3 Å². The minimum Gasteiger partial charge on any atom is -0.381 e. The molecule has 0 saturated heterocycles. The van der Waals surface area contributed by atoms with E-state index in [1.54, 1.807) is 0 Å². The van der Waals surface area contributed by atoms with Gasteiger partial charge in [0.15, 0.2) is 5.82 Å². The van der Waals surface area contributed by atoms with Crippen molar-refractivity contribution >= 4 is 17.4 Å². The summed E-state index contributed by atoms with van der Waals surface area (Å²) in [7, 11) is 0. The monoisotopic (exact) mass is 159 g/mol. The van der Waals surface area contributed by atoms with Crippen LogP contribution >= 0.6 is 11.5 Å². The van der Waals surface area contributed by atoms with Gasteiger partial charge in [-0.25, -0.2) is 0 Å². The fourth-order valence-electron chi connectivity index (χ4n) is 0.511. The fraction of sp³-hybridized carbons (Fsp3) is 0.600. The second-order valence-electron chi connectivity index (χ2n) is 1.72. The zero-order valence-corrected chi connectivity index (χ0v) is 6.52. The molecule has 1 aromatic heterocycles. The summed E-state index contributed by atoms with van der Waals surface area (Å²) < 4.78 is 8.77. The van der Waals surface area contributed by atoms with Gasteiger partial charge < -0.3 is 10.5 Å². The molecule has 0 atom stereocenters. The quantitative estimate of drug-likeness (QED) is 0.703. The van der Waals surface area contributed by atoms with E-state index >= 15 is 0 Å². The third-order valence-corrected chi connectivity index (χ3v) is 1.73. The Labute approximate surface area is 63.2 Å². The molecule has 1 aromatic rings. The maximum atomic E-state index is 5.44. The van der Waals surface area contributed by atoms with Gasteiger partial charge in [-0.05, 0) is 18.5 Å². The number of nitrogens with zero attached hydrogens (tertiary/aromatic N) is 2. The molecule has 0 aliphatic carbocycles. The van der Waals surface area contributed by atoms with Crippen molar-refractivity contribution in [3.63, 3.8) is 0 Å². The Kier molecular flexibility index (Phi) is 2.58. The SMILES string of the molecule is CCOCc1snnc1N. The number of hydrogen-bond acceptors (Lipinski definition) is 5. The second kappa shape index (κ2) is 3.48. The van der Waals surface area contributed by atoms with Gasteiger partial charge in [-0.2, -0.15) is 0 Å². The maximum absolute atomic E-state index is 5.44. The van der Waals surface area contributed by atoms with Crippen LogP contribution in [0.4, 0.5) is 5.82 Å². The molecule has 0 unspecified atom stereocenters. The lowest BCUT2D eigenvalue weighted by molar-refractivity contribution is 0.136. The number of nitrogens with two attached hydrogens (primary N) is 1. The third-order valence-electron chi connectivity index (χ3n) is 1.02. The first kappa shape index (κ1) is 7.43. The predicted octanol–water partition coefficient (Wildman–Crippen LogP) is 0.657. The van der Waals surface area contributed by atoms with Crippen molar-refractivity contribution in [1.82, 2.24) is 9.59 Å². The van der Waals surface area contributed by atoms with Crippen molar-refractivity contribution in [2.45, 2.75) is 13.5 Å². The summed E-state index contributed by atoms with van der Waals surface area (Å²) in [5.74, 6) is 0.485. The first-order valence-corrected chi connectivity index (χ1v) is 3.76. The zero-order valence-electron chi connectivity index (χ0n) is 5.70. The molecule has 0 fully saturated rings. The van der Waals surface area contributed by atoms with Crippen LogP contribution in [0, 0.1) is 0 Å². The Morgan fingerprint density at radius 3 is 3.00 bits per heavy atom. The molecule has 5 heteroatoms. The molecule has 1 rings (SSSR count). The standard InChI is InChI=1S/C5H9N3OS/c1-2-9-3-4-5(6)7-8-10-4/h2-3,6H2,1H3. The van der Waals surface area contributed by atoms with Crippen molar-refractivity contribution in [2.75, 3.05) is 12.3 Å². The third kappa shape index (κ3) is 1.65. The molecule has 4 nitrogen and oxygen atoms in total. The van der Waals surface area contributed by atoms with E-state index in [2.05, 4.69) is 9.59 Å². The summed E-state index contributed by atoms with van der Waals surface area (Å²) in [6.45, 7) is 3.15. The molecule has 0 aromatic carbocycles. The number of aromatic nitrogens is 2. The van der Waals surface area contributed by atoms with Crippen LogP contribution in [-0.4, -0.2) is 16.2 Å². The lowest BCUT2D eigenvalue weighted by Crippen LogP contribution is -1.94. The van der Waals surface area contributed by atoms with Gasteiger partial charge in [0.1, 0.15) is 0 Å². The number of hydrogen-bond donors (Lipinski definition) is 1. The molecule has 0 radical (unpaired) electrons. The molecule has 0 saturated carbocycles. The van der Waals surface area contributed by atoms with Crippen molar-refractivity contribution < 1.29 is 4.74 Å². The normalized spacial score (nSPS) is 10.1. The topological polar surface area (TPSA) is 61.0 Å². The van der Waals surface area contributed by atoms with E-state index in [-0.39, 0.29) is 0 Å². The van der Waals surface area contributed by atoms with Crippen LogP contribution in [0.3, 0.4) is 0 Å². The molecule has 1 heterocycles. The van der Waals surface area contributed by atoms with E-state index in [1.807, 2.05) is 6.92 Å². The van der Waals surface area contributed by atoms with E-state index in [1.165, 1.54) is 11.5 Å². The van der Waals surface area contributed by atoms with Gasteiger partial charge in [-0.1, -0.05) is 4.49 Å². The first-order valence-electron chi connectivity index (χ1n) is 2.99. The lowest BCUT2D eigenvalue weighted by atomic mass is 10.5. The van der Waals surface area contributed by atoms with Gasteiger partial charge in [0.2, 0.25) is 0 Å². The zero-order chi connectivity index (χ0) is 7.40. The number of anilines is 1. The van der Waals surface area contributed by atoms with Gasteiger partial charge >= 0.3 is 0 Å². The molecule has 10 heavy (non-hydrogen) atoms. The first-order chi connectivity index (χ1) is 4.84. The van der Waals surface area contributed by atoms with E-state index in [4.69, 9.17) is 10.5 Å². The summed E-state index contributed by atoms with van der Waals surface area (Å²) in [6.07, 6.45) is 0. The van der Waals surface area contributed by atoms with Gasteiger partial charge in [-0.15, -0.1) is 5.10 Å². The Balaban J connectivity index is 2.49.